The first-order valence-corrected chi connectivity index (χ1v) is 4.16. The van der Waals surface area contributed by atoms with Crippen molar-refractivity contribution in [2.45, 2.75) is 6.92 Å². The lowest BCUT2D eigenvalue weighted by molar-refractivity contribution is -0.104. The molecule has 0 saturated carbocycles. The van der Waals surface area contributed by atoms with Crippen LogP contribution >= 0.6 is 0 Å². The Morgan fingerprint density at radius 2 is 1.93 bits per heavy atom. The SMILES string of the molecule is C/C(O)=C(\C=O)C(=N)c1ccccc1. The smallest absolute Gasteiger partial charge is 0.155 e. The second-order valence-electron chi connectivity index (χ2n) is 2.86. The summed E-state index contributed by atoms with van der Waals surface area (Å²) < 4.78 is 0. The summed E-state index contributed by atoms with van der Waals surface area (Å²) in [5.74, 6) is -0.131. The van der Waals surface area contributed by atoms with Gasteiger partial charge in [-0.15, -0.1) is 0 Å². The van der Waals surface area contributed by atoms with E-state index in [9.17, 15) is 4.79 Å². The number of hydrogen-bond acceptors (Lipinski definition) is 3. The molecule has 0 saturated heterocycles. The van der Waals surface area contributed by atoms with Crippen molar-refractivity contribution in [2.75, 3.05) is 0 Å². The van der Waals surface area contributed by atoms with Crippen LogP contribution in [0.1, 0.15) is 12.5 Å². The van der Waals surface area contributed by atoms with E-state index in [2.05, 4.69) is 0 Å². The molecule has 0 amide bonds. The van der Waals surface area contributed by atoms with E-state index in [1.54, 1.807) is 24.3 Å². The van der Waals surface area contributed by atoms with Crippen molar-refractivity contribution < 1.29 is 9.90 Å². The lowest BCUT2D eigenvalue weighted by Crippen LogP contribution is -2.06. The van der Waals surface area contributed by atoms with Crippen molar-refractivity contribution in [3.63, 3.8) is 0 Å². The van der Waals surface area contributed by atoms with E-state index in [0.29, 0.717) is 11.8 Å². The van der Waals surface area contributed by atoms with E-state index in [1.807, 2.05) is 6.07 Å². The Balaban J connectivity index is 3.08. The van der Waals surface area contributed by atoms with Gasteiger partial charge >= 0.3 is 0 Å². The van der Waals surface area contributed by atoms with Crippen LogP contribution in [0.5, 0.6) is 0 Å². The van der Waals surface area contributed by atoms with Crippen LogP contribution in [0.25, 0.3) is 0 Å². The lowest BCUT2D eigenvalue weighted by Gasteiger charge is -2.03. The molecule has 0 bridgehead atoms. The molecule has 1 aromatic rings. The van der Waals surface area contributed by atoms with Gasteiger partial charge in [-0.25, -0.2) is 0 Å². The van der Waals surface area contributed by atoms with Crippen LogP contribution in [0.15, 0.2) is 41.7 Å². The molecule has 2 N–H and O–H groups in total. The Bertz CT molecular complexity index is 376. The molecular formula is C11H11NO2. The number of carbonyl (C=O) groups excluding carboxylic acids is 1. The Morgan fingerprint density at radius 3 is 2.36 bits per heavy atom. The van der Waals surface area contributed by atoms with Gasteiger partial charge in [0.05, 0.1) is 11.3 Å². The molecule has 14 heavy (non-hydrogen) atoms. The van der Waals surface area contributed by atoms with Crippen molar-refractivity contribution in [3.05, 3.63) is 47.2 Å². The summed E-state index contributed by atoms with van der Waals surface area (Å²) in [5.41, 5.74) is 0.680. The van der Waals surface area contributed by atoms with Crippen molar-refractivity contribution in [3.8, 4) is 0 Å². The molecule has 3 heteroatoms. The van der Waals surface area contributed by atoms with Gasteiger partial charge in [-0.2, -0.15) is 0 Å². The van der Waals surface area contributed by atoms with Crippen molar-refractivity contribution >= 4 is 12.0 Å². The molecule has 72 valence electrons. The number of allylic oxidation sites excluding steroid dienone is 2. The fourth-order valence-electron chi connectivity index (χ4n) is 1.09. The molecule has 0 unspecified atom stereocenters. The van der Waals surface area contributed by atoms with Crippen LogP contribution in [0.2, 0.25) is 0 Å². The normalized spacial score (nSPS) is 11.8. The minimum absolute atomic E-state index is 0.0243. The van der Waals surface area contributed by atoms with E-state index in [-0.39, 0.29) is 17.0 Å². The Morgan fingerprint density at radius 1 is 1.36 bits per heavy atom. The number of carbonyl (C=O) groups is 1. The number of nitrogens with one attached hydrogen (secondary N) is 1. The highest BCUT2D eigenvalue weighted by molar-refractivity contribution is 6.21. The Kier molecular flexibility index (Phi) is 3.18. The lowest BCUT2D eigenvalue weighted by atomic mass is 10.0. The maximum absolute atomic E-state index is 10.6. The maximum Gasteiger partial charge on any atom is 0.155 e. The molecule has 0 aliphatic heterocycles. The molecule has 0 heterocycles. The molecule has 0 aromatic heterocycles. The maximum atomic E-state index is 10.6. The van der Waals surface area contributed by atoms with E-state index in [1.165, 1.54) is 6.92 Å². The van der Waals surface area contributed by atoms with Gasteiger partial charge in [-0.1, -0.05) is 30.3 Å². The molecule has 1 aromatic carbocycles. The van der Waals surface area contributed by atoms with Crippen LogP contribution in [-0.2, 0) is 4.79 Å². The standard InChI is InChI=1S/C11H11NO2/c1-8(14)10(7-13)11(12)9-5-3-2-4-6-9/h2-7,12,14H,1H3/b10-8-,12-11?. The van der Waals surface area contributed by atoms with Gasteiger partial charge in [-0.05, 0) is 6.92 Å². The monoisotopic (exact) mass is 189 g/mol. The second kappa shape index (κ2) is 4.37. The van der Waals surface area contributed by atoms with Crippen LogP contribution in [0, 0.1) is 5.41 Å². The molecule has 0 aliphatic rings. The minimum atomic E-state index is -0.131. The summed E-state index contributed by atoms with van der Waals surface area (Å²) >= 11 is 0. The predicted molar refractivity (Wildman–Crippen MR) is 54.7 cm³/mol. The number of hydrogen-bond donors (Lipinski definition) is 2. The van der Waals surface area contributed by atoms with E-state index in [4.69, 9.17) is 10.5 Å². The highest BCUT2D eigenvalue weighted by atomic mass is 16.3. The average Bonchev–Trinajstić information content (AvgIpc) is 2.19. The highest BCUT2D eigenvalue weighted by Crippen LogP contribution is 2.08. The molecule has 0 aliphatic carbocycles. The van der Waals surface area contributed by atoms with Crippen molar-refractivity contribution in [2.24, 2.45) is 0 Å². The van der Waals surface area contributed by atoms with Crippen LogP contribution in [0.3, 0.4) is 0 Å². The third-order valence-electron chi connectivity index (χ3n) is 1.84. The first kappa shape index (κ1) is 10.2. The summed E-state index contributed by atoms with van der Waals surface area (Å²) in [4.78, 5) is 10.6. The van der Waals surface area contributed by atoms with Gasteiger partial charge < -0.3 is 5.11 Å². The molecule has 0 atom stereocenters. The fraction of sp³-hybridized carbons (Fsp3) is 0.0909. The zero-order valence-corrected chi connectivity index (χ0v) is 7.82. The van der Waals surface area contributed by atoms with Crippen molar-refractivity contribution in [1.29, 1.82) is 5.41 Å². The van der Waals surface area contributed by atoms with Crippen LogP contribution < -0.4 is 0 Å². The van der Waals surface area contributed by atoms with Crippen LogP contribution in [-0.4, -0.2) is 17.1 Å². The van der Waals surface area contributed by atoms with Gasteiger partial charge in [0.1, 0.15) is 5.76 Å². The van der Waals surface area contributed by atoms with Gasteiger partial charge in [0, 0.05) is 5.56 Å². The van der Waals surface area contributed by atoms with Gasteiger partial charge in [-0.3, -0.25) is 10.2 Å². The highest BCUT2D eigenvalue weighted by Gasteiger charge is 2.09. The summed E-state index contributed by atoms with van der Waals surface area (Å²) in [5, 5.41) is 16.8. The zero-order chi connectivity index (χ0) is 10.6. The third kappa shape index (κ3) is 2.07. The topological polar surface area (TPSA) is 61.1 Å². The average molecular weight is 189 g/mol. The largest absolute Gasteiger partial charge is 0.512 e. The van der Waals surface area contributed by atoms with Gasteiger partial charge in [0.15, 0.2) is 6.29 Å². The first-order chi connectivity index (χ1) is 6.66. The summed E-state index contributed by atoms with van der Waals surface area (Å²) in [6, 6.07) is 8.81. The van der Waals surface area contributed by atoms with E-state index in [0.717, 1.165) is 0 Å². The first-order valence-electron chi connectivity index (χ1n) is 4.16. The summed E-state index contributed by atoms with van der Waals surface area (Å²) in [6.45, 7) is 1.39. The number of aldehydes is 1. The number of benzene rings is 1. The Hall–Kier alpha value is -1.90. The molecule has 1 rings (SSSR count). The van der Waals surface area contributed by atoms with E-state index < -0.39 is 0 Å². The minimum Gasteiger partial charge on any atom is -0.512 e. The van der Waals surface area contributed by atoms with E-state index >= 15 is 0 Å². The summed E-state index contributed by atoms with van der Waals surface area (Å²) in [6.07, 6.45) is 0.491. The second-order valence-corrected chi connectivity index (χ2v) is 2.86. The molecular weight excluding hydrogens is 178 g/mol. The number of aliphatic hydroxyl groups is 1. The molecule has 0 fully saturated rings. The fourth-order valence-corrected chi connectivity index (χ4v) is 1.09. The van der Waals surface area contributed by atoms with Crippen molar-refractivity contribution in [1.82, 2.24) is 0 Å². The number of aliphatic hydroxyl groups excluding tert-OH is 1. The Labute approximate surface area is 82.2 Å². The van der Waals surface area contributed by atoms with Crippen LogP contribution in [0.4, 0.5) is 0 Å². The summed E-state index contributed by atoms with van der Waals surface area (Å²) in [7, 11) is 0. The third-order valence-corrected chi connectivity index (χ3v) is 1.84. The quantitative estimate of drug-likeness (QED) is 0.331. The molecule has 3 nitrogen and oxygen atoms in total. The molecule has 0 radical (unpaired) electrons. The molecule has 0 spiro atoms. The van der Waals surface area contributed by atoms with Gasteiger partial charge in [0.2, 0.25) is 0 Å². The van der Waals surface area contributed by atoms with Gasteiger partial charge in [0.25, 0.3) is 0 Å². The zero-order valence-electron chi connectivity index (χ0n) is 7.82. The number of rotatable bonds is 3. The predicted octanol–water partition coefficient (Wildman–Crippen LogP) is 2.09.